The molecule has 0 aliphatic carbocycles. The largest absolute Gasteiger partial charge is 0.480 e. The number of aliphatic carboxylic acids is 2. The minimum absolute atomic E-state index is 0.287. The predicted molar refractivity (Wildman–Crippen MR) is 80.4 cm³/mol. The number of aromatic nitrogens is 4. The summed E-state index contributed by atoms with van der Waals surface area (Å²) >= 11 is 0. The first-order valence-corrected chi connectivity index (χ1v) is 6.81. The monoisotopic (exact) mass is 324 g/mol. The van der Waals surface area contributed by atoms with Crippen LogP contribution >= 0.6 is 0 Å². The number of nitrogens with two attached hydrogens (primary N) is 2. The number of H-pyrrole nitrogens is 2. The molecule has 1 unspecified atom stereocenters. The first kappa shape index (κ1) is 18.3. The normalized spacial score (nSPS) is 12.8. The van der Waals surface area contributed by atoms with Crippen LogP contribution in [-0.4, -0.2) is 54.2 Å². The smallest absolute Gasteiger partial charge is 0.320 e. The summed E-state index contributed by atoms with van der Waals surface area (Å²) < 4.78 is 0. The lowest BCUT2D eigenvalue weighted by Gasteiger charge is -2.03. The maximum atomic E-state index is 10.3. The highest BCUT2D eigenvalue weighted by Gasteiger charge is 2.12. The second-order valence-electron chi connectivity index (χ2n) is 4.79. The highest BCUT2D eigenvalue weighted by molar-refractivity contribution is 5.73. The van der Waals surface area contributed by atoms with Crippen molar-refractivity contribution in [2.24, 2.45) is 11.5 Å². The minimum atomic E-state index is -1.00. The van der Waals surface area contributed by atoms with Crippen molar-refractivity contribution < 1.29 is 19.8 Å². The third-order valence-corrected chi connectivity index (χ3v) is 2.91. The van der Waals surface area contributed by atoms with E-state index in [9.17, 15) is 9.59 Å². The zero-order valence-corrected chi connectivity index (χ0v) is 12.3. The summed E-state index contributed by atoms with van der Waals surface area (Å²) in [5, 5.41) is 16.9. The molecular weight excluding hydrogens is 304 g/mol. The SMILES string of the molecule is NC(CCc1cnc[nH]1)C(=O)O.N[C@@H](Cc1cnc[nH]1)C(=O)O. The average molecular weight is 324 g/mol. The van der Waals surface area contributed by atoms with Crippen LogP contribution in [0, 0.1) is 0 Å². The topological polar surface area (TPSA) is 184 Å². The predicted octanol–water partition coefficient (Wildman–Crippen LogP) is -0.882. The molecule has 2 rings (SSSR count). The van der Waals surface area contributed by atoms with Crippen LogP contribution in [0.25, 0.3) is 0 Å². The summed E-state index contributed by atoms with van der Waals surface area (Å²) in [6.07, 6.45) is 7.60. The molecule has 0 amide bonds. The molecule has 0 aromatic carbocycles. The second kappa shape index (κ2) is 9.33. The zero-order valence-electron chi connectivity index (χ0n) is 12.3. The number of rotatable bonds is 7. The van der Waals surface area contributed by atoms with Crippen molar-refractivity contribution >= 4 is 11.9 Å². The summed E-state index contributed by atoms with van der Waals surface area (Å²) in [6.45, 7) is 0. The summed E-state index contributed by atoms with van der Waals surface area (Å²) in [7, 11) is 0. The van der Waals surface area contributed by atoms with E-state index in [1.807, 2.05) is 0 Å². The van der Waals surface area contributed by atoms with E-state index in [0.717, 1.165) is 11.4 Å². The van der Waals surface area contributed by atoms with Crippen molar-refractivity contribution in [2.45, 2.75) is 31.3 Å². The van der Waals surface area contributed by atoms with Gasteiger partial charge in [-0.2, -0.15) is 0 Å². The molecule has 0 aliphatic heterocycles. The molecule has 2 aromatic heterocycles. The van der Waals surface area contributed by atoms with Gasteiger partial charge in [0, 0.05) is 30.2 Å². The van der Waals surface area contributed by atoms with Gasteiger partial charge in [-0.3, -0.25) is 9.59 Å². The number of hydrogen-bond acceptors (Lipinski definition) is 6. The first-order valence-electron chi connectivity index (χ1n) is 6.81. The highest BCUT2D eigenvalue weighted by Crippen LogP contribution is 1.99. The van der Waals surface area contributed by atoms with Gasteiger partial charge in [0.25, 0.3) is 0 Å². The second-order valence-corrected chi connectivity index (χ2v) is 4.79. The molecule has 0 bridgehead atoms. The van der Waals surface area contributed by atoms with Gasteiger partial charge in [0.2, 0.25) is 0 Å². The van der Waals surface area contributed by atoms with Crippen LogP contribution in [-0.2, 0) is 22.4 Å². The van der Waals surface area contributed by atoms with Gasteiger partial charge in [0.15, 0.2) is 0 Å². The number of carboxylic acids is 2. The number of hydrogen-bond donors (Lipinski definition) is 6. The first-order chi connectivity index (χ1) is 10.9. The summed E-state index contributed by atoms with van der Waals surface area (Å²) in [5.41, 5.74) is 12.2. The molecule has 10 heteroatoms. The van der Waals surface area contributed by atoms with Crippen molar-refractivity contribution in [2.75, 3.05) is 0 Å². The Balaban J connectivity index is 0.000000231. The third kappa shape index (κ3) is 7.20. The fourth-order valence-corrected chi connectivity index (χ4v) is 1.58. The number of carboxylic acid groups (broad SMARTS) is 2. The van der Waals surface area contributed by atoms with Crippen molar-refractivity contribution in [3.05, 3.63) is 36.4 Å². The Morgan fingerprint density at radius 1 is 1.00 bits per heavy atom. The molecule has 10 nitrogen and oxygen atoms in total. The number of carbonyl (C=O) groups is 2. The number of imidazole rings is 2. The van der Waals surface area contributed by atoms with Crippen molar-refractivity contribution in [3.63, 3.8) is 0 Å². The molecular formula is C13H20N6O4. The summed E-state index contributed by atoms with van der Waals surface area (Å²) in [5.74, 6) is -1.96. The van der Waals surface area contributed by atoms with Crippen LogP contribution in [0.5, 0.6) is 0 Å². The molecule has 0 fully saturated rings. The number of nitrogens with zero attached hydrogens (tertiary/aromatic N) is 2. The van der Waals surface area contributed by atoms with Gasteiger partial charge in [-0.05, 0) is 12.8 Å². The van der Waals surface area contributed by atoms with E-state index >= 15 is 0 Å². The Bertz CT molecular complexity index is 584. The van der Waals surface area contributed by atoms with Gasteiger partial charge in [-0.1, -0.05) is 0 Å². The van der Waals surface area contributed by atoms with E-state index in [4.69, 9.17) is 21.7 Å². The Labute approximate surface area is 131 Å². The van der Waals surface area contributed by atoms with Crippen LogP contribution in [0.15, 0.2) is 25.0 Å². The van der Waals surface area contributed by atoms with E-state index < -0.39 is 24.0 Å². The molecule has 0 saturated carbocycles. The van der Waals surface area contributed by atoms with E-state index in [1.54, 1.807) is 18.7 Å². The molecule has 8 N–H and O–H groups in total. The number of aryl methyl sites for hydroxylation is 1. The Hall–Kier alpha value is -2.72. The standard InChI is InChI=1S/C7H11N3O2.C6H9N3O2/c8-6(7(11)12)2-1-5-3-9-4-10-5;7-5(6(10)11)1-4-2-8-3-9-4/h3-4,6H,1-2,8H2,(H,9,10)(H,11,12);2-3,5H,1,7H2,(H,8,9)(H,10,11)/t;5-/m.0/s1. The third-order valence-electron chi connectivity index (χ3n) is 2.91. The van der Waals surface area contributed by atoms with Gasteiger partial charge in [-0.15, -0.1) is 0 Å². The van der Waals surface area contributed by atoms with Crippen LogP contribution < -0.4 is 11.5 Å². The lowest BCUT2D eigenvalue weighted by atomic mass is 10.1. The van der Waals surface area contributed by atoms with E-state index in [1.165, 1.54) is 6.33 Å². The quantitative estimate of drug-likeness (QED) is 0.379. The maximum absolute atomic E-state index is 10.3. The van der Waals surface area contributed by atoms with Crippen LogP contribution in [0.2, 0.25) is 0 Å². The number of aromatic amines is 2. The van der Waals surface area contributed by atoms with Crippen LogP contribution in [0.1, 0.15) is 17.8 Å². The fraction of sp³-hybridized carbons (Fsp3) is 0.385. The summed E-state index contributed by atoms with van der Waals surface area (Å²) in [6, 6.07) is -1.64. The molecule has 2 atom stereocenters. The van der Waals surface area contributed by atoms with E-state index in [2.05, 4.69) is 19.9 Å². The van der Waals surface area contributed by atoms with E-state index in [0.29, 0.717) is 12.8 Å². The van der Waals surface area contributed by atoms with Gasteiger partial charge in [0.1, 0.15) is 12.1 Å². The summed E-state index contributed by atoms with van der Waals surface area (Å²) in [4.78, 5) is 33.7. The van der Waals surface area contributed by atoms with Gasteiger partial charge < -0.3 is 31.6 Å². The lowest BCUT2D eigenvalue weighted by molar-refractivity contribution is -0.139. The van der Waals surface area contributed by atoms with Crippen molar-refractivity contribution in [3.8, 4) is 0 Å². The van der Waals surface area contributed by atoms with Crippen LogP contribution in [0.3, 0.4) is 0 Å². The van der Waals surface area contributed by atoms with E-state index in [-0.39, 0.29) is 6.42 Å². The van der Waals surface area contributed by atoms with Crippen molar-refractivity contribution in [1.82, 2.24) is 19.9 Å². The Morgan fingerprint density at radius 2 is 1.52 bits per heavy atom. The molecule has 0 saturated heterocycles. The van der Waals surface area contributed by atoms with Gasteiger partial charge >= 0.3 is 11.9 Å². The van der Waals surface area contributed by atoms with Gasteiger partial charge in [0.05, 0.1) is 12.7 Å². The average Bonchev–Trinajstić information content (AvgIpc) is 3.18. The molecule has 0 spiro atoms. The molecule has 0 radical (unpaired) electrons. The molecule has 2 heterocycles. The van der Waals surface area contributed by atoms with Crippen LogP contribution in [0.4, 0.5) is 0 Å². The maximum Gasteiger partial charge on any atom is 0.320 e. The van der Waals surface area contributed by atoms with Gasteiger partial charge in [-0.25, -0.2) is 9.97 Å². The lowest BCUT2D eigenvalue weighted by Crippen LogP contribution is -2.32. The Kier molecular flexibility index (Phi) is 7.43. The zero-order chi connectivity index (χ0) is 17.2. The molecule has 2 aromatic rings. The Morgan fingerprint density at radius 3 is 1.96 bits per heavy atom. The molecule has 0 aliphatic rings. The fourth-order valence-electron chi connectivity index (χ4n) is 1.58. The van der Waals surface area contributed by atoms with Crippen molar-refractivity contribution in [1.29, 1.82) is 0 Å². The minimum Gasteiger partial charge on any atom is -0.480 e. The highest BCUT2D eigenvalue weighted by atomic mass is 16.4. The number of nitrogens with one attached hydrogen (secondary N) is 2. The molecule has 126 valence electrons. The molecule has 23 heavy (non-hydrogen) atoms.